The molecular weight excluding hydrogens is 294 g/mol. The number of rotatable bonds is 1. The predicted molar refractivity (Wildman–Crippen MR) is 64.9 cm³/mol. The lowest BCUT2D eigenvalue weighted by Gasteiger charge is -2.07. The molecular formula is C11H7BrClFN2. The van der Waals surface area contributed by atoms with Crippen molar-refractivity contribution in [2.75, 3.05) is 0 Å². The van der Waals surface area contributed by atoms with Gasteiger partial charge < -0.3 is 0 Å². The second kappa shape index (κ2) is 4.47. The molecule has 0 saturated heterocycles. The van der Waals surface area contributed by atoms with E-state index in [0.717, 1.165) is 10.0 Å². The van der Waals surface area contributed by atoms with Gasteiger partial charge in [0.25, 0.3) is 0 Å². The molecule has 2 aromatic heterocycles. The lowest BCUT2D eigenvalue weighted by molar-refractivity contribution is 0.625. The molecule has 0 aliphatic carbocycles. The van der Waals surface area contributed by atoms with Crippen LogP contribution in [0.25, 0.3) is 11.3 Å². The van der Waals surface area contributed by atoms with E-state index in [1.165, 1.54) is 12.3 Å². The van der Waals surface area contributed by atoms with E-state index in [0.29, 0.717) is 5.56 Å². The fourth-order valence-corrected chi connectivity index (χ4v) is 1.83. The maximum absolute atomic E-state index is 13.7. The predicted octanol–water partition coefficient (Wildman–Crippen LogP) is 4.01. The Kier molecular flexibility index (Phi) is 3.21. The minimum atomic E-state index is -0.449. The first kappa shape index (κ1) is 11.5. The molecule has 0 spiro atoms. The molecule has 0 bridgehead atoms. The van der Waals surface area contributed by atoms with Gasteiger partial charge >= 0.3 is 0 Å². The van der Waals surface area contributed by atoms with Gasteiger partial charge in [0.2, 0.25) is 0 Å². The Morgan fingerprint density at radius 1 is 1.31 bits per heavy atom. The van der Waals surface area contributed by atoms with Gasteiger partial charge in [-0.3, -0.25) is 9.97 Å². The number of aromatic nitrogens is 2. The standard InChI is InChI=1S/C11H7BrClFN2/c1-6-8(4-15-5-9(6)12)11-10(14)2-7(13)3-16-11/h2-5H,1H3. The first-order valence-electron chi connectivity index (χ1n) is 4.51. The fraction of sp³-hybridized carbons (Fsp3) is 0.0909. The van der Waals surface area contributed by atoms with Crippen LogP contribution in [0.3, 0.4) is 0 Å². The molecule has 16 heavy (non-hydrogen) atoms. The third kappa shape index (κ3) is 2.08. The quantitative estimate of drug-likeness (QED) is 0.795. The van der Waals surface area contributed by atoms with E-state index in [9.17, 15) is 4.39 Å². The van der Waals surface area contributed by atoms with Crippen molar-refractivity contribution in [2.24, 2.45) is 0 Å². The van der Waals surface area contributed by atoms with Crippen LogP contribution >= 0.6 is 27.5 Å². The molecule has 0 radical (unpaired) electrons. The van der Waals surface area contributed by atoms with Crippen molar-refractivity contribution in [2.45, 2.75) is 6.92 Å². The first-order valence-corrected chi connectivity index (χ1v) is 5.68. The number of halogens is 3. The van der Waals surface area contributed by atoms with E-state index in [1.54, 1.807) is 12.4 Å². The van der Waals surface area contributed by atoms with Crippen molar-refractivity contribution in [3.8, 4) is 11.3 Å². The third-order valence-corrected chi connectivity index (χ3v) is 3.22. The molecule has 0 saturated carbocycles. The van der Waals surface area contributed by atoms with Crippen LogP contribution in [0.2, 0.25) is 5.02 Å². The lowest BCUT2D eigenvalue weighted by Crippen LogP contribution is -1.93. The molecule has 2 aromatic rings. The van der Waals surface area contributed by atoms with E-state index in [4.69, 9.17) is 11.6 Å². The monoisotopic (exact) mass is 300 g/mol. The minimum absolute atomic E-state index is 0.260. The van der Waals surface area contributed by atoms with Crippen molar-refractivity contribution in [3.63, 3.8) is 0 Å². The van der Waals surface area contributed by atoms with E-state index in [1.807, 2.05) is 6.92 Å². The summed E-state index contributed by atoms with van der Waals surface area (Å²) in [6.45, 7) is 1.87. The molecule has 0 atom stereocenters. The topological polar surface area (TPSA) is 25.8 Å². The highest BCUT2D eigenvalue weighted by atomic mass is 79.9. The van der Waals surface area contributed by atoms with E-state index in [-0.39, 0.29) is 10.7 Å². The summed E-state index contributed by atoms with van der Waals surface area (Å²) in [5.74, 6) is -0.449. The molecule has 0 N–H and O–H groups in total. The summed E-state index contributed by atoms with van der Waals surface area (Å²) in [4.78, 5) is 7.98. The van der Waals surface area contributed by atoms with Crippen LogP contribution in [-0.4, -0.2) is 9.97 Å². The normalized spacial score (nSPS) is 10.5. The van der Waals surface area contributed by atoms with Crippen LogP contribution in [0.15, 0.2) is 29.1 Å². The van der Waals surface area contributed by atoms with E-state index < -0.39 is 5.82 Å². The average molecular weight is 302 g/mol. The molecule has 0 aliphatic rings. The van der Waals surface area contributed by atoms with Gasteiger partial charge in [0.15, 0.2) is 5.82 Å². The Morgan fingerprint density at radius 3 is 2.75 bits per heavy atom. The Labute approximate surface area is 106 Å². The summed E-state index contributed by atoms with van der Waals surface area (Å²) in [5.41, 5.74) is 1.81. The maximum Gasteiger partial charge on any atom is 0.151 e. The van der Waals surface area contributed by atoms with Gasteiger partial charge in [-0.15, -0.1) is 0 Å². The third-order valence-electron chi connectivity index (χ3n) is 2.22. The van der Waals surface area contributed by atoms with Crippen molar-refractivity contribution in [3.05, 3.63) is 45.5 Å². The van der Waals surface area contributed by atoms with Crippen LogP contribution < -0.4 is 0 Å². The highest BCUT2D eigenvalue weighted by Gasteiger charge is 2.11. The summed E-state index contributed by atoms with van der Waals surface area (Å²) < 4.78 is 14.5. The summed E-state index contributed by atoms with van der Waals surface area (Å²) in [7, 11) is 0. The van der Waals surface area contributed by atoms with Gasteiger partial charge in [-0.05, 0) is 34.5 Å². The summed E-state index contributed by atoms with van der Waals surface area (Å²) in [5, 5.41) is 0.279. The Balaban J connectivity index is 2.63. The van der Waals surface area contributed by atoms with Crippen molar-refractivity contribution in [1.82, 2.24) is 9.97 Å². The molecule has 5 heteroatoms. The van der Waals surface area contributed by atoms with Crippen molar-refractivity contribution < 1.29 is 4.39 Å². The van der Waals surface area contributed by atoms with Gasteiger partial charge in [0.1, 0.15) is 5.69 Å². The van der Waals surface area contributed by atoms with E-state index in [2.05, 4.69) is 25.9 Å². The minimum Gasteiger partial charge on any atom is -0.263 e. The van der Waals surface area contributed by atoms with Crippen LogP contribution in [0, 0.1) is 12.7 Å². The zero-order chi connectivity index (χ0) is 11.7. The number of hydrogen-bond acceptors (Lipinski definition) is 2. The molecule has 2 rings (SSSR count). The second-order valence-corrected chi connectivity index (χ2v) is 4.57. The molecule has 0 amide bonds. The number of nitrogens with zero attached hydrogens (tertiary/aromatic N) is 2. The van der Waals surface area contributed by atoms with Gasteiger partial charge in [-0.2, -0.15) is 0 Å². The van der Waals surface area contributed by atoms with Gasteiger partial charge in [-0.1, -0.05) is 11.6 Å². The zero-order valence-electron chi connectivity index (χ0n) is 8.34. The molecule has 2 heterocycles. The van der Waals surface area contributed by atoms with Crippen LogP contribution in [0.1, 0.15) is 5.56 Å². The molecule has 2 nitrogen and oxygen atoms in total. The Hall–Kier alpha value is -1.00. The molecule has 0 fully saturated rings. The van der Waals surface area contributed by atoms with Crippen LogP contribution in [0.5, 0.6) is 0 Å². The molecule has 0 aliphatic heterocycles. The largest absolute Gasteiger partial charge is 0.263 e. The highest BCUT2D eigenvalue weighted by molar-refractivity contribution is 9.10. The van der Waals surface area contributed by atoms with Gasteiger partial charge in [0.05, 0.1) is 5.02 Å². The van der Waals surface area contributed by atoms with E-state index >= 15 is 0 Å². The lowest BCUT2D eigenvalue weighted by atomic mass is 10.1. The Bertz CT molecular complexity index is 546. The van der Waals surface area contributed by atoms with Gasteiger partial charge in [0, 0.05) is 28.6 Å². The summed E-state index contributed by atoms with van der Waals surface area (Å²) in [6.07, 6.45) is 4.66. The molecule has 0 aromatic carbocycles. The fourth-order valence-electron chi connectivity index (χ4n) is 1.35. The zero-order valence-corrected chi connectivity index (χ0v) is 10.7. The van der Waals surface area contributed by atoms with Crippen LogP contribution in [0.4, 0.5) is 4.39 Å². The second-order valence-electron chi connectivity index (χ2n) is 3.28. The smallest absolute Gasteiger partial charge is 0.151 e. The highest BCUT2D eigenvalue weighted by Crippen LogP contribution is 2.28. The van der Waals surface area contributed by atoms with Crippen LogP contribution in [-0.2, 0) is 0 Å². The Morgan fingerprint density at radius 2 is 2.06 bits per heavy atom. The average Bonchev–Trinajstić information content (AvgIpc) is 2.23. The van der Waals surface area contributed by atoms with Gasteiger partial charge in [-0.25, -0.2) is 4.39 Å². The molecule has 0 unspecified atom stereocenters. The van der Waals surface area contributed by atoms with Crippen molar-refractivity contribution in [1.29, 1.82) is 0 Å². The summed E-state index contributed by atoms with van der Waals surface area (Å²) in [6, 6.07) is 1.24. The number of hydrogen-bond donors (Lipinski definition) is 0. The maximum atomic E-state index is 13.7. The first-order chi connectivity index (χ1) is 7.59. The summed E-state index contributed by atoms with van der Waals surface area (Å²) >= 11 is 8.99. The molecule has 82 valence electrons. The number of pyridine rings is 2. The van der Waals surface area contributed by atoms with Crippen molar-refractivity contribution >= 4 is 27.5 Å². The SMILES string of the molecule is Cc1c(Br)cncc1-c1ncc(Cl)cc1F.